The summed E-state index contributed by atoms with van der Waals surface area (Å²) in [5, 5.41) is 13.0. The van der Waals surface area contributed by atoms with Crippen molar-refractivity contribution in [3.63, 3.8) is 0 Å². The Balaban J connectivity index is 1.73. The number of aliphatic hydroxyl groups is 1. The highest BCUT2D eigenvalue weighted by atomic mass is 32.2. The molecule has 1 aliphatic rings. The zero-order valence-corrected chi connectivity index (χ0v) is 13.8. The minimum atomic E-state index is -3.23. The summed E-state index contributed by atoms with van der Waals surface area (Å²) in [5.41, 5.74) is 1.10. The minimum Gasteiger partial charge on any atom is -0.393 e. The number of anilines is 1. The molecule has 1 aromatic heterocycles. The minimum absolute atomic E-state index is 0.0993. The van der Waals surface area contributed by atoms with Crippen molar-refractivity contribution >= 4 is 15.7 Å². The van der Waals surface area contributed by atoms with E-state index >= 15 is 0 Å². The maximum Gasteiger partial charge on any atom is 0.177 e. The van der Waals surface area contributed by atoms with Gasteiger partial charge in [0.25, 0.3) is 0 Å². The highest BCUT2D eigenvalue weighted by Crippen LogP contribution is 2.43. The first-order valence-corrected chi connectivity index (χ1v) is 9.42. The van der Waals surface area contributed by atoms with Gasteiger partial charge in [0.15, 0.2) is 9.84 Å². The average molecular weight is 332 g/mol. The number of sulfone groups is 1. The van der Waals surface area contributed by atoms with Crippen molar-refractivity contribution in [3.05, 3.63) is 54.2 Å². The van der Waals surface area contributed by atoms with Crippen LogP contribution < -0.4 is 5.32 Å². The maximum atomic E-state index is 11.4. The van der Waals surface area contributed by atoms with Gasteiger partial charge in [0.1, 0.15) is 5.82 Å². The summed E-state index contributed by atoms with van der Waals surface area (Å²) in [6, 6.07) is 13.4. The first kappa shape index (κ1) is 16.0. The normalized spacial score (nSPS) is 24.0. The molecule has 1 aromatic carbocycles. The Kier molecular flexibility index (Phi) is 4.12. The molecule has 3 rings (SSSR count). The Labute approximate surface area is 136 Å². The van der Waals surface area contributed by atoms with Crippen molar-refractivity contribution in [2.45, 2.75) is 29.3 Å². The molecular weight excluding hydrogens is 312 g/mol. The molecule has 1 saturated carbocycles. The molecule has 0 atom stereocenters. The van der Waals surface area contributed by atoms with E-state index in [1.165, 1.54) is 11.8 Å². The third kappa shape index (κ3) is 3.38. The molecule has 0 bridgehead atoms. The van der Waals surface area contributed by atoms with Crippen LogP contribution in [0.3, 0.4) is 0 Å². The van der Waals surface area contributed by atoms with Gasteiger partial charge < -0.3 is 10.4 Å². The van der Waals surface area contributed by atoms with Crippen molar-refractivity contribution in [2.75, 3.05) is 18.1 Å². The van der Waals surface area contributed by atoms with Crippen LogP contribution in [0.25, 0.3) is 0 Å². The van der Waals surface area contributed by atoms with Crippen LogP contribution in [0.15, 0.2) is 53.6 Å². The Morgan fingerprint density at radius 3 is 2.43 bits per heavy atom. The molecule has 23 heavy (non-hydrogen) atoms. The Hall–Kier alpha value is -1.92. The van der Waals surface area contributed by atoms with E-state index in [2.05, 4.69) is 22.4 Å². The lowest BCUT2D eigenvalue weighted by Gasteiger charge is -2.46. The van der Waals surface area contributed by atoms with E-state index in [0.29, 0.717) is 25.2 Å². The number of benzene rings is 1. The number of aromatic nitrogens is 1. The van der Waals surface area contributed by atoms with Crippen molar-refractivity contribution < 1.29 is 13.5 Å². The highest BCUT2D eigenvalue weighted by Gasteiger charge is 2.44. The number of rotatable bonds is 5. The smallest absolute Gasteiger partial charge is 0.177 e. The number of hydrogen-bond donors (Lipinski definition) is 2. The Morgan fingerprint density at radius 2 is 1.91 bits per heavy atom. The number of aliphatic hydroxyl groups excluding tert-OH is 1. The van der Waals surface area contributed by atoms with Crippen LogP contribution in [0, 0.1) is 0 Å². The van der Waals surface area contributed by atoms with Gasteiger partial charge in [-0.3, -0.25) is 0 Å². The third-order valence-electron chi connectivity index (χ3n) is 4.41. The summed E-state index contributed by atoms with van der Waals surface area (Å²) < 4.78 is 22.9. The lowest BCUT2D eigenvalue weighted by molar-refractivity contribution is 0.0242. The lowest BCUT2D eigenvalue weighted by atomic mass is 9.62. The van der Waals surface area contributed by atoms with E-state index in [1.54, 1.807) is 12.1 Å². The van der Waals surface area contributed by atoms with E-state index in [4.69, 9.17) is 0 Å². The van der Waals surface area contributed by atoms with Gasteiger partial charge >= 0.3 is 0 Å². The zero-order valence-electron chi connectivity index (χ0n) is 12.9. The Morgan fingerprint density at radius 1 is 1.22 bits per heavy atom. The summed E-state index contributed by atoms with van der Waals surface area (Å²) >= 11 is 0. The molecule has 2 N–H and O–H groups in total. The van der Waals surface area contributed by atoms with Crippen LogP contribution in [0.5, 0.6) is 0 Å². The zero-order chi connectivity index (χ0) is 16.5. The number of pyridine rings is 1. The van der Waals surface area contributed by atoms with Gasteiger partial charge in [-0.25, -0.2) is 13.4 Å². The molecule has 0 saturated heterocycles. The number of nitrogens with one attached hydrogen (secondary N) is 1. The fourth-order valence-electron chi connectivity index (χ4n) is 3.08. The van der Waals surface area contributed by atoms with E-state index in [9.17, 15) is 13.5 Å². The second-order valence-electron chi connectivity index (χ2n) is 6.21. The van der Waals surface area contributed by atoms with E-state index in [-0.39, 0.29) is 16.4 Å². The van der Waals surface area contributed by atoms with E-state index < -0.39 is 9.84 Å². The van der Waals surface area contributed by atoms with Gasteiger partial charge in [0, 0.05) is 24.4 Å². The molecule has 2 aromatic rings. The summed E-state index contributed by atoms with van der Waals surface area (Å²) in [7, 11) is -3.23. The van der Waals surface area contributed by atoms with Crippen LogP contribution in [0.2, 0.25) is 0 Å². The lowest BCUT2D eigenvalue weighted by Crippen LogP contribution is -2.49. The van der Waals surface area contributed by atoms with Crippen molar-refractivity contribution in [3.8, 4) is 0 Å². The second kappa shape index (κ2) is 5.94. The fourth-order valence-corrected chi connectivity index (χ4v) is 3.64. The van der Waals surface area contributed by atoms with Gasteiger partial charge in [-0.15, -0.1) is 0 Å². The average Bonchev–Trinajstić information content (AvgIpc) is 2.51. The van der Waals surface area contributed by atoms with Crippen molar-refractivity contribution in [2.24, 2.45) is 0 Å². The quantitative estimate of drug-likeness (QED) is 0.875. The maximum absolute atomic E-state index is 11.4. The van der Waals surface area contributed by atoms with E-state index in [1.807, 2.05) is 18.2 Å². The largest absolute Gasteiger partial charge is 0.393 e. The highest BCUT2D eigenvalue weighted by molar-refractivity contribution is 7.90. The van der Waals surface area contributed by atoms with Gasteiger partial charge in [0.05, 0.1) is 11.0 Å². The molecule has 1 aliphatic carbocycles. The van der Waals surface area contributed by atoms with Crippen LogP contribution in [-0.2, 0) is 15.3 Å². The van der Waals surface area contributed by atoms with Crippen molar-refractivity contribution in [1.82, 2.24) is 4.98 Å². The first-order chi connectivity index (χ1) is 10.9. The molecular formula is C17H20N2O3S. The molecule has 5 nitrogen and oxygen atoms in total. The molecule has 0 spiro atoms. The monoisotopic (exact) mass is 332 g/mol. The first-order valence-electron chi connectivity index (χ1n) is 7.53. The molecule has 6 heteroatoms. The molecule has 0 amide bonds. The van der Waals surface area contributed by atoms with Crippen LogP contribution in [-0.4, -0.2) is 37.4 Å². The van der Waals surface area contributed by atoms with Crippen LogP contribution >= 0.6 is 0 Å². The topological polar surface area (TPSA) is 79.3 Å². The summed E-state index contributed by atoms with van der Waals surface area (Å²) in [4.78, 5) is 4.37. The van der Waals surface area contributed by atoms with Gasteiger partial charge in [-0.2, -0.15) is 0 Å². The van der Waals surface area contributed by atoms with E-state index in [0.717, 1.165) is 6.26 Å². The molecule has 1 heterocycles. The summed E-state index contributed by atoms with van der Waals surface area (Å²) in [6.45, 7) is 0.652. The van der Waals surface area contributed by atoms with Crippen LogP contribution in [0.1, 0.15) is 18.4 Å². The molecule has 1 fully saturated rings. The van der Waals surface area contributed by atoms with Crippen LogP contribution in [0.4, 0.5) is 5.82 Å². The van der Waals surface area contributed by atoms with Gasteiger partial charge in [-0.1, -0.05) is 30.3 Å². The number of hydrogen-bond acceptors (Lipinski definition) is 5. The van der Waals surface area contributed by atoms with Gasteiger partial charge in [-0.05, 0) is 30.5 Å². The Bertz CT molecular complexity index is 767. The standard InChI is InChI=1S/C17H20N2O3S/c1-23(21,22)15-7-8-16(18-11-15)19-12-17(9-14(20)10-17)13-5-3-2-4-6-13/h2-8,11,14,20H,9-10,12H2,1H3,(H,18,19). The number of nitrogens with zero attached hydrogens (tertiary/aromatic N) is 1. The second-order valence-corrected chi connectivity index (χ2v) is 8.23. The predicted octanol–water partition coefficient (Wildman–Crippen LogP) is 1.99. The molecule has 0 aliphatic heterocycles. The fraction of sp³-hybridized carbons (Fsp3) is 0.353. The molecule has 0 unspecified atom stereocenters. The van der Waals surface area contributed by atoms with Gasteiger partial charge in [0.2, 0.25) is 0 Å². The molecule has 0 radical (unpaired) electrons. The SMILES string of the molecule is CS(=O)(=O)c1ccc(NCC2(c3ccccc3)CC(O)C2)nc1. The summed E-state index contributed by atoms with van der Waals surface area (Å²) in [5.74, 6) is 0.633. The molecule has 122 valence electrons. The predicted molar refractivity (Wildman–Crippen MR) is 89.2 cm³/mol. The summed E-state index contributed by atoms with van der Waals surface area (Å²) in [6.07, 6.45) is 3.69. The van der Waals surface area contributed by atoms with Crippen molar-refractivity contribution in [1.29, 1.82) is 0 Å². The third-order valence-corrected chi connectivity index (χ3v) is 5.51.